The summed E-state index contributed by atoms with van der Waals surface area (Å²) >= 11 is 0. The molecule has 0 aliphatic rings. The van der Waals surface area contributed by atoms with Gasteiger partial charge in [-0.25, -0.2) is 0 Å². The van der Waals surface area contributed by atoms with E-state index in [2.05, 4.69) is 22.5 Å². The van der Waals surface area contributed by atoms with Crippen LogP contribution in [0, 0.1) is 0 Å². The number of para-hydroxylation sites is 1. The third-order valence-corrected chi connectivity index (χ3v) is 3.75. The molecule has 0 atom stereocenters. The molecule has 27 heavy (non-hydrogen) atoms. The quantitative estimate of drug-likeness (QED) is 0.472. The Morgan fingerprint density at radius 2 is 1.59 bits per heavy atom. The van der Waals surface area contributed by atoms with Crippen molar-refractivity contribution >= 4 is 23.4 Å². The maximum absolute atomic E-state index is 12.1. The fraction of sp³-hybridized carbons (Fsp3) is 0.190. The standard InChI is InChI=1S/C21H23N3O3/c1-2-14-22-21(27)17-11-6-7-12-18(17)24-19(25)13-8-15-23-20(26)16-9-4-3-5-10-16/h2-7,9-12H,1,8,13-15H2,(H,22,27)(H,23,26)(H,24,25). The first kappa shape index (κ1) is 19.9. The molecule has 0 saturated heterocycles. The van der Waals surface area contributed by atoms with Crippen LogP contribution in [0.2, 0.25) is 0 Å². The average molecular weight is 365 g/mol. The molecule has 0 aliphatic heterocycles. The smallest absolute Gasteiger partial charge is 0.253 e. The minimum absolute atomic E-state index is 0.166. The number of nitrogens with one attached hydrogen (secondary N) is 3. The fourth-order valence-electron chi connectivity index (χ4n) is 2.41. The summed E-state index contributed by atoms with van der Waals surface area (Å²) in [5.41, 5.74) is 1.43. The predicted octanol–water partition coefficient (Wildman–Crippen LogP) is 2.75. The zero-order valence-electron chi connectivity index (χ0n) is 15.0. The van der Waals surface area contributed by atoms with Crippen LogP contribution in [0.3, 0.4) is 0 Å². The second-order valence-corrected chi connectivity index (χ2v) is 5.82. The van der Waals surface area contributed by atoms with Crippen molar-refractivity contribution < 1.29 is 14.4 Å². The summed E-state index contributed by atoms with van der Waals surface area (Å²) in [5.74, 6) is -0.658. The number of anilines is 1. The molecule has 0 spiro atoms. The van der Waals surface area contributed by atoms with Crippen molar-refractivity contribution in [3.05, 3.63) is 78.4 Å². The normalized spacial score (nSPS) is 9.93. The second-order valence-electron chi connectivity index (χ2n) is 5.82. The molecule has 0 bridgehead atoms. The molecule has 2 aromatic rings. The van der Waals surface area contributed by atoms with E-state index in [4.69, 9.17) is 0 Å². The molecule has 0 saturated carbocycles. The Hall–Kier alpha value is -3.41. The summed E-state index contributed by atoms with van der Waals surface area (Å²) in [5, 5.41) is 8.21. The number of carbonyl (C=O) groups is 3. The lowest BCUT2D eigenvalue weighted by molar-refractivity contribution is -0.116. The van der Waals surface area contributed by atoms with Crippen LogP contribution in [0.5, 0.6) is 0 Å². The Morgan fingerprint density at radius 1 is 0.889 bits per heavy atom. The van der Waals surface area contributed by atoms with E-state index in [1.165, 1.54) is 0 Å². The van der Waals surface area contributed by atoms with E-state index in [-0.39, 0.29) is 24.1 Å². The highest BCUT2D eigenvalue weighted by Gasteiger charge is 2.12. The number of rotatable bonds is 9. The predicted molar refractivity (Wildman–Crippen MR) is 106 cm³/mol. The molecule has 0 fully saturated rings. The topological polar surface area (TPSA) is 87.3 Å². The molecular weight excluding hydrogens is 342 g/mol. The highest BCUT2D eigenvalue weighted by atomic mass is 16.2. The van der Waals surface area contributed by atoms with Crippen molar-refractivity contribution in [2.45, 2.75) is 12.8 Å². The van der Waals surface area contributed by atoms with Gasteiger partial charge in [-0.15, -0.1) is 6.58 Å². The van der Waals surface area contributed by atoms with Crippen LogP contribution >= 0.6 is 0 Å². The Labute approximate surface area is 158 Å². The molecule has 0 heterocycles. The summed E-state index contributed by atoms with van der Waals surface area (Å²) in [7, 11) is 0. The van der Waals surface area contributed by atoms with Gasteiger partial charge in [0.15, 0.2) is 0 Å². The van der Waals surface area contributed by atoms with Gasteiger partial charge in [-0.2, -0.15) is 0 Å². The third-order valence-electron chi connectivity index (χ3n) is 3.75. The van der Waals surface area contributed by atoms with Gasteiger partial charge in [-0.3, -0.25) is 14.4 Å². The average Bonchev–Trinajstić information content (AvgIpc) is 2.70. The molecule has 2 aromatic carbocycles. The summed E-state index contributed by atoms with van der Waals surface area (Å²) in [6, 6.07) is 15.7. The van der Waals surface area contributed by atoms with Crippen molar-refractivity contribution in [3.8, 4) is 0 Å². The zero-order chi connectivity index (χ0) is 19.5. The Bertz CT molecular complexity index is 803. The third kappa shape index (κ3) is 6.43. The van der Waals surface area contributed by atoms with Crippen molar-refractivity contribution in [1.82, 2.24) is 10.6 Å². The lowest BCUT2D eigenvalue weighted by Crippen LogP contribution is -2.26. The van der Waals surface area contributed by atoms with Crippen molar-refractivity contribution in [1.29, 1.82) is 0 Å². The molecule has 2 rings (SSSR count). The summed E-state index contributed by atoms with van der Waals surface area (Å²) in [4.78, 5) is 36.2. The first-order chi connectivity index (χ1) is 13.1. The molecule has 140 valence electrons. The largest absolute Gasteiger partial charge is 0.352 e. The van der Waals surface area contributed by atoms with Gasteiger partial charge in [-0.1, -0.05) is 36.4 Å². The lowest BCUT2D eigenvalue weighted by Gasteiger charge is -2.11. The van der Waals surface area contributed by atoms with E-state index in [1.807, 2.05) is 6.07 Å². The van der Waals surface area contributed by atoms with Gasteiger partial charge in [-0.05, 0) is 30.7 Å². The minimum atomic E-state index is -0.277. The van der Waals surface area contributed by atoms with E-state index >= 15 is 0 Å². The molecule has 0 radical (unpaired) electrons. The SMILES string of the molecule is C=CCNC(=O)c1ccccc1NC(=O)CCCNC(=O)c1ccccc1. The summed E-state index contributed by atoms with van der Waals surface area (Å²) in [6.07, 6.45) is 2.32. The van der Waals surface area contributed by atoms with Gasteiger partial charge >= 0.3 is 0 Å². The number of carbonyl (C=O) groups excluding carboxylic acids is 3. The van der Waals surface area contributed by atoms with Crippen molar-refractivity contribution in [3.63, 3.8) is 0 Å². The van der Waals surface area contributed by atoms with E-state index in [0.29, 0.717) is 36.3 Å². The van der Waals surface area contributed by atoms with Crippen molar-refractivity contribution in [2.24, 2.45) is 0 Å². The molecule has 6 heteroatoms. The van der Waals surface area contributed by atoms with Crippen LogP contribution in [0.15, 0.2) is 67.3 Å². The van der Waals surface area contributed by atoms with Gasteiger partial charge in [0.2, 0.25) is 5.91 Å². The lowest BCUT2D eigenvalue weighted by atomic mass is 10.1. The fourth-order valence-corrected chi connectivity index (χ4v) is 2.41. The van der Waals surface area contributed by atoms with Gasteiger partial charge in [0.05, 0.1) is 11.3 Å². The Balaban J connectivity index is 1.80. The zero-order valence-corrected chi connectivity index (χ0v) is 15.0. The maximum atomic E-state index is 12.1. The monoisotopic (exact) mass is 365 g/mol. The van der Waals surface area contributed by atoms with Gasteiger partial charge in [0, 0.05) is 25.1 Å². The summed E-state index contributed by atoms with van der Waals surface area (Å²) < 4.78 is 0. The number of benzene rings is 2. The molecule has 3 N–H and O–H groups in total. The van der Waals surface area contributed by atoms with Gasteiger partial charge in [0.1, 0.15) is 0 Å². The number of hydrogen-bond donors (Lipinski definition) is 3. The van der Waals surface area contributed by atoms with Crippen LogP contribution in [-0.4, -0.2) is 30.8 Å². The van der Waals surface area contributed by atoms with Crippen molar-refractivity contribution in [2.75, 3.05) is 18.4 Å². The van der Waals surface area contributed by atoms with E-state index in [1.54, 1.807) is 54.6 Å². The van der Waals surface area contributed by atoms with E-state index in [0.717, 1.165) is 0 Å². The van der Waals surface area contributed by atoms with Crippen LogP contribution in [-0.2, 0) is 4.79 Å². The maximum Gasteiger partial charge on any atom is 0.253 e. The second kappa shape index (κ2) is 10.6. The molecule has 0 unspecified atom stereocenters. The minimum Gasteiger partial charge on any atom is -0.352 e. The highest BCUT2D eigenvalue weighted by molar-refractivity contribution is 6.03. The van der Waals surface area contributed by atoms with E-state index < -0.39 is 0 Å². The molecule has 6 nitrogen and oxygen atoms in total. The summed E-state index contributed by atoms with van der Waals surface area (Å²) in [6.45, 7) is 4.30. The molecule has 0 aliphatic carbocycles. The highest BCUT2D eigenvalue weighted by Crippen LogP contribution is 2.15. The first-order valence-corrected chi connectivity index (χ1v) is 8.73. The number of hydrogen-bond acceptors (Lipinski definition) is 3. The first-order valence-electron chi connectivity index (χ1n) is 8.73. The molecule has 3 amide bonds. The number of amides is 3. The Kier molecular flexibility index (Phi) is 7.78. The Morgan fingerprint density at radius 3 is 2.33 bits per heavy atom. The molecular formula is C21H23N3O3. The van der Waals surface area contributed by atoms with Crippen LogP contribution < -0.4 is 16.0 Å². The van der Waals surface area contributed by atoms with Crippen LogP contribution in [0.1, 0.15) is 33.6 Å². The van der Waals surface area contributed by atoms with Gasteiger partial charge in [0.25, 0.3) is 11.8 Å². The van der Waals surface area contributed by atoms with Crippen LogP contribution in [0.25, 0.3) is 0 Å². The van der Waals surface area contributed by atoms with E-state index in [9.17, 15) is 14.4 Å². The van der Waals surface area contributed by atoms with Crippen LogP contribution in [0.4, 0.5) is 5.69 Å². The molecule has 0 aromatic heterocycles. The van der Waals surface area contributed by atoms with Gasteiger partial charge < -0.3 is 16.0 Å².